The number of piperidine rings is 1. The van der Waals surface area contributed by atoms with Gasteiger partial charge in [0, 0.05) is 30.3 Å². The first-order valence-corrected chi connectivity index (χ1v) is 12.5. The van der Waals surface area contributed by atoms with E-state index in [1.165, 1.54) is 11.3 Å². The normalized spacial score (nSPS) is 20.4. The zero-order chi connectivity index (χ0) is 24.7. The van der Waals surface area contributed by atoms with Crippen molar-refractivity contribution in [1.82, 2.24) is 20.7 Å². The molecule has 3 N–H and O–H groups in total. The predicted octanol–water partition coefficient (Wildman–Crippen LogP) is 3.03. The van der Waals surface area contributed by atoms with E-state index in [2.05, 4.69) is 43.5 Å². The van der Waals surface area contributed by atoms with Crippen molar-refractivity contribution in [2.45, 2.75) is 52.6 Å². The van der Waals surface area contributed by atoms with Gasteiger partial charge >= 0.3 is 0 Å². The maximum absolute atomic E-state index is 13.0. The fraction of sp³-hybridized carbons (Fsp3) is 0.520. The molecular formula is C25H32N4O4S. The minimum Gasteiger partial charge on any atom is -0.378 e. The summed E-state index contributed by atoms with van der Waals surface area (Å²) in [6.07, 6.45) is 0.245. The Morgan fingerprint density at radius 2 is 1.68 bits per heavy atom. The van der Waals surface area contributed by atoms with Crippen LogP contribution in [0.2, 0.25) is 0 Å². The molecule has 182 valence electrons. The van der Waals surface area contributed by atoms with E-state index in [4.69, 9.17) is 0 Å². The Bertz CT molecular complexity index is 1060. The van der Waals surface area contributed by atoms with Crippen LogP contribution >= 0.6 is 11.3 Å². The first-order valence-electron chi connectivity index (χ1n) is 11.6. The maximum Gasteiger partial charge on any atom is 0.289 e. The Morgan fingerprint density at radius 1 is 1.06 bits per heavy atom. The Balaban J connectivity index is 1.27. The second kappa shape index (κ2) is 9.11. The molecule has 0 spiro atoms. The number of thiazole rings is 1. The van der Waals surface area contributed by atoms with Crippen molar-refractivity contribution in [3.05, 3.63) is 52.0 Å². The highest BCUT2D eigenvalue weighted by atomic mass is 32.1. The second-order valence-electron chi connectivity index (χ2n) is 10.3. The third-order valence-electron chi connectivity index (χ3n) is 7.84. The SMILES string of the molecule is CC1(C)C(C(=O)N2CCC(c3nc(C(=O)NNC(=O)C(O)c4ccccc4)cs3)CC2)C1(C)C. The predicted molar refractivity (Wildman–Crippen MR) is 129 cm³/mol. The molecule has 1 saturated carbocycles. The molecule has 1 aromatic heterocycles. The molecule has 2 fully saturated rings. The Kier molecular flexibility index (Phi) is 6.52. The maximum atomic E-state index is 13.0. The molecule has 0 bridgehead atoms. The van der Waals surface area contributed by atoms with Crippen LogP contribution < -0.4 is 10.9 Å². The van der Waals surface area contributed by atoms with Gasteiger partial charge in [-0.3, -0.25) is 25.2 Å². The number of nitrogens with zero attached hydrogens (tertiary/aromatic N) is 2. The van der Waals surface area contributed by atoms with Gasteiger partial charge in [-0.2, -0.15) is 0 Å². The van der Waals surface area contributed by atoms with Crippen molar-refractivity contribution < 1.29 is 19.5 Å². The molecule has 4 rings (SSSR count). The zero-order valence-corrected chi connectivity index (χ0v) is 20.8. The number of hydrazine groups is 1. The number of likely N-dealkylation sites (tertiary alicyclic amines) is 1. The molecule has 34 heavy (non-hydrogen) atoms. The summed E-state index contributed by atoms with van der Waals surface area (Å²) in [7, 11) is 0. The third-order valence-corrected chi connectivity index (χ3v) is 8.85. The monoisotopic (exact) mass is 484 g/mol. The van der Waals surface area contributed by atoms with E-state index in [0.717, 1.165) is 17.8 Å². The largest absolute Gasteiger partial charge is 0.378 e. The number of nitrogens with one attached hydrogen (secondary N) is 2. The molecule has 2 aromatic rings. The van der Waals surface area contributed by atoms with Crippen molar-refractivity contribution in [3.8, 4) is 0 Å². The highest BCUT2D eigenvalue weighted by Gasteiger charge is 2.68. The lowest BCUT2D eigenvalue weighted by molar-refractivity contribution is -0.135. The van der Waals surface area contributed by atoms with E-state index in [1.807, 2.05) is 4.90 Å². The van der Waals surface area contributed by atoms with Gasteiger partial charge in [0.25, 0.3) is 11.8 Å². The summed E-state index contributed by atoms with van der Waals surface area (Å²) in [5.41, 5.74) is 5.28. The molecule has 3 amide bonds. The van der Waals surface area contributed by atoms with Crippen LogP contribution in [-0.4, -0.2) is 45.8 Å². The van der Waals surface area contributed by atoms with E-state index in [0.29, 0.717) is 18.7 Å². The van der Waals surface area contributed by atoms with Gasteiger partial charge < -0.3 is 10.0 Å². The number of carbonyl (C=O) groups excluding carboxylic acids is 3. The van der Waals surface area contributed by atoms with Crippen molar-refractivity contribution in [2.75, 3.05) is 13.1 Å². The summed E-state index contributed by atoms with van der Waals surface area (Å²) >= 11 is 1.41. The number of rotatable bonds is 5. The standard InChI is InChI=1S/C25H32N4O4S/c1-24(2)19(25(24,3)4)23(33)29-12-10-16(11-13-29)22-26-17(14-34-22)20(31)27-28-21(32)18(30)15-8-6-5-7-9-15/h5-9,14,16,18-19,30H,10-13H2,1-4H3,(H,27,31)(H,28,32). The lowest BCUT2D eigenvalue weighted by atomic mass is 9.96. The topological polar surface area (TPSA) is 112 Å². The van der Waals surface area contributed by atoms with Gasteiger partial charge in [0.2, 0.25) is 5.91 Å². The Hall–Kier alpha value is -2.78. The van der Waals surface area contributed by atoms with E-state index < -0.39 is 17.9 Å². The molecule has 2 heterocycles. The number of hydrogen-bond donors (Lipinski definition) is 3. The third kappa shape index (κ3) is 4.46. The highest BCUT2D eigenvalue weighted by Crippen LogP contribution is 2.68. The summed E-state index contributed by atoms with van der Waals surface area (Å²) in [5.74, 6) is -0.746. The summed E-state index contributed by atoms with van der Waals surface area (Å²) in [6, 6.07) is 8.48. The first kappa shape index (κ1) is 24.3. The number of amides is 3. The fourth-order valence-electron chi connectivity index (χ4n) is 4.96. The van der Waals surface area contributed by atoms with Crippen LogP contribution in [0.3, 0.4) is 0 Å². The van der Waals surface area contributed by atoms with Crippen molar-refractivity contribution in [2.24, 2.45) is 16.7 Å². The van der Waals surface area contributed by atoms with E-state index >= 15 is 0 Å². The number of hydrogen-bond acceptors (Lipinski definition) is 6. The van der Waals surface area contributed by atoms with Crippen LogP contribution in [0.4, 0.5) is 0 Å². The average Bonchev–Trinajstić information content (AvgIpc) is 3.16. The lowest BCUT2D eigenvalue weighted by Gasteiger charge is -2.31. The minimum atomic E-state index is -1.38. The summed E-state index contributed by atoms with van der Waals surface area (Å²) in [5, 5.41) is 12.6. The molecule has 0 radical (unpaired) electrons. The van der Waals surface area contributed by atoms with Crippen LogP contribution in [0.25, 0.3) is 0 Å². The molecule has 1 saturated heterocycles. The number of aliphatic hydroxyl groups is 1. The number of aliphatic hydroxyl groups excluding tert-OH is 1. The van der Waals surface area contributed by atoms with Crippen LogP contribution in [0, 0.1) is 16.7 Å². The van der Waals surface area contributed by atoms with Crippen LogP contribution in [0.1, 0.15) is 73.6 Å². The second-order valence-corrected chi connectivity index (χ2v) is 11.2. The quantitative estimate of drug-likeness (QED) is 0.565. The van der Waals surface area contributed by atoms with Gasteiger partial charge in [-0.25, -0.2) is 4.98 Å². The van der Waals surface area contributed by atoms with E-state index in [9.17, 15) is 19.5 Å². The van der Waals surface area contributed by atoms with Crippen LogP contribution in [0.15, 0.2) is 35.7 Å². The van der Waals surface area contributed by atoms with Crippen molar-refractivity contribution in [3.63, 3.8) is 0 Å². The van der Waals surface area contributed by atoms with Crippen LogP contribution in [-0.2, 0) is 9.59 Å². The van der Waals surface area contributed by atoms with Gasteiger partial charge in [0.15, 0.2) is 6.10 Å². The van der Waals surface area contributed by atoms with Gasteiger partial charge in [0.1, 0.15) is 5.69 Å². The summed E-state index contributed by atoms with van der Waals surface area (Å²) in [4.78, 5) is 44.0. The van der Waals surface area contributed by atoms with Crippen molar-refractivity contribution in [1.29, 1.82) is 0 Å². The fourth-order valence-corrected chi connectivity index (χ4v) is 5.93. The number of aromatic nitrogens is 1. The molecule has 8 nitrogen and oxygen atoms in total. The molecule has 1 aliphatic carbocycles. The zero-order valence-electron chi connectivity index (χ0n) is 20.0. The Morgan fingerprint density at radius 3 is 2.26 bits per heavy atom. The van der Waals surface area contributed by atoms with Gasteiger partial charge in [-0.05, 0) is 29.2 Å². The van der Waals surface area contributed by atoms with E-state index in [1.54, 1.807) is 35.7 Å². The first-order chi connectivity index (χ1) is 16.0. The Labute approximate surface area is 203 Å². The highest BCUT2D eigenvalue weighted by molar-refractivity contribution is 7.09. The molecule has 9 heteroatoms. The number of benzene rings is 1. The molecule has 1 aliphatic heterocycles. The average molecular weight is 485 g/mol. The number of carbonyl (C=O) groups is 3. The lowest BCUT2D eigenvalue weighted by Crippen LogP contribution is -2.44. The smallest absolute Gasteiger partial charge is 0.289 e. The van der Waals surface area contributed by atoms with Gasteiger partial charge in [-0.1, -0.05) is 58.0 Å². The minimum absolute atomic E-state index is 0.0328. The molecular weight excluding hydrogens is 452 g/mol. The summed E-state index contributed by atoms with van der Waals surface area (Å²) in [6.45, 7) is 10.0. The molecule has 1 atom stereocenters. The van der Waals surface area contributed by atoms with Crippen LogP contribution in [0.5, 0.6) is 0 Å². The molecule has 1 unspecified atom stereocenters. The molecule has 1 aromatic carbocycles. The van der Waals surface area contributed by atoms with Crippen molar-refractivity contribution >= 4 is 29.1 Å². The van der Waals surface area contributed by atoms with Gasteiger partial charge in [0.05, 0.1) is 5.01 Å². The van der Waals surface area contributed by atoms with E-state index in [-0.39, 0.29) is 34.3 Å². The molecule has 2 aliphatic rings. The van der Waals surface area contributed by atoms with Gasteiger partial charge in [-0.15, -0.1) is 11.3 Å². The summed E-state index contributed by atoms with van der Waals surface area (Å²) < 4.78 is 0.